The number of nitrogens with zero attached hydrogens (tertiary/aromatic N) is 2. The van der Waals surface area contributed by atoms with Crippen LogP contribution in [0.1, 0.15) is 18.4 Å². The predicted octanol–water partition coefficient (Wildman–Crippen LogP) is 1.39. The summed E-state index contributed by atoms with van der Waals surface area (Å²) in [4.78, 5) is 28.3. The summed E-state index contributed by atoms with van der Waals surface area (Å²) in [5, 5.41) is 0. The molecule has 23 heavy (non-hydrogen) atoms. The molecule has 6 nitrogen and oxygen atoms in total. The Hall–Kier alpha value is -2.24. The number of hydrogen-bond donors (Lipinski definition) is 0. The zero-order chi connectivity index (χ0) is 16.0. The van der Waals surface area contributed by atoms with Crippen LogP contribution < -0.4 is 4.74 Å². The molecule has 1 aliphatic carbocycles. The maximum atomic E-state index is 13.1. The largest absolute Gasteiger partial charge is 0.497 e. The van der Waals surface area contributed by atoms with Crippen molar-refractivity contribution in [3.05, 3.63) is 29.8 Å². The van der Waals surface area contributed by atoms with Gasteiger partial charge in [-0.25, -0.2) is 4.79 Å². The molecule has 0 bridgehead atoms. The topological polar surface area (TPSA) is 59.1 Å². The van der Waals surface area contributed by atoms with E-state index in [1.807, 2.05) is 29.2 Å². The fourth-order valence-corrected chi connectivity index (χ4v) is 3.64. The molecule has 0 aromatic heterocycles. The number of carbonyl (C=O) groups is 2. The zero-order valence-electron chi connectivity index (χ0n) is 13.2. The van der Waals surface area contributed by atoms with Gasteiger partial charge in [0.15, 0.2) is 0 Å². The van der Waals surface area contributed by atoms with E-state index in [9.17, 15) is 9.59 Å². The number of amides is 2. The van der Waals surface area contributed by atoms with Crippen molar-refractivity contribution < 1.29 is 19.1 Å². The molecule has 2 aliphatic heterocycles. The van der Waals surface area contributed by atoms with Gasteiger partial charge in [0.2, 0.25) is 5.91 Å². The highest BCUT2D eigenvalue weighted by atomic mass is 16.6. The van der Waals surface area contributed by atoms with E-state index in [4.69, 9.17) is 9.47 Å². The molecule has 1 saturated carbocycles. The van der Waals surface area contributed by atoms with Gasteiger partial charge in [-0.2, -0.15) is 0 Å². The number of fused-ring (bicyclic) bond motifs is 1. The highest BCUT2D eigenvalue weighted by Crippen LogP contribution is 2.50. The smallest absolute Gasteiger partial charge is 0.410 e. The number of rotatable bonds is 3. The third-order valence-electron chi connectivity index (χ3n) is 5.21. The average molecular weight is 316 g/mol. The molecule has 4 rings (SSSR count). The number of methoxy groups -OCH3 is 1. The molecule has 2 amide bonds. The van der Waals surface area contributed by atoms with Crippen LogP contribution in [0, 0.1) is 0 Å². The normalized spacial score (nSPS) is 24.9. The van der Waals surface area contributed by atoms with E-state index in [2.05, 4.69) is 0 Å². The Kier molecular flexibility index (Phi) is 3.21. The Balaban J connectivity index is 1.51. The van der Waals surface area contributed by atoms with Gasteiger partial charge in [0, 0.05) is 19.6 Å². The molecule has 1 atom stereocenters. The maximum absolute atomic E-state index is 13.1. The monoisotopic (exact) mass is 316 g/mol. The summed E-state index contributed by atoms with van der Waals surface area (Å²) in [6.45, 7) is 2.11. The lowest BCUT2D eigenvalue weighted by Crippen LogP contribution is -2.55. The Morgan fingerprint density at radius 2 is 2.00 bits per heavy atom. The van der Waals surface area contributed by atoms with Gasteiger partial charge in [0.1, 0.15) is 12.4 Å². The van der Waals surface area contributed by atoms with Gasteiger partial charge in [0.25, 0.3) is 0 Å². The van der Waals surface area contributed by atoms with Crippen LogP contribution in [0.5, 0.6) is 5.75 Å². The molecule has 1 aromatic rings. The Labute approximate surface area is 134 Å². The number of carbonyl (C=O) groups excluding carboxylic acids is 2. The van der Waals surface area contributed by atoms with Crippen molar-refractivity contribution in [2.45, 2.75) is 24.3 Å². The van der Waals surface area contributed by atoms with Crippen LogP contribution in [0.3, 0.4) is 0 Å². The first kappa shape index (κ1) is 14.4. The van der Waals surface area contributed by atoms with E-state index in [1.165, 1.54) is 0 Å². The van der Waals surface area contributed by atoms with E-state index >= 15 is 0 Å². The van der Waals surface area contributed by atoms with Crippen LogP contribution in [-0.2, 0) is 14.9 Å². The van der Waals surface area contributed by atoms with E-state index in [1.54, 1.807) is 12.0 Å². The number of cyclic esters (lactones) is 1. The SMILES string of the molecule is COc1ccc(C2(C(=O)N3CCN4C(=O)OC[C@@H]4C3)CC2)cc1. The summed E-state index contributed by atoms with van der Waals surface area (Å²) in [5.74, 6) is 0.980. The van der Waals surface area contributed by atoms with E-state index < -0.39 is 0 Å². The number of hydrogen-bond acceptors (Lipinski definition) is 4. The summed E-state index contributed by atoms with van der Waals surface area (Å²) in [6, 6.07) is 7.80. The van der Waals surface area contributed by atoms with Crippen LogP contribution in [0.2, 0.25) is 0 Å². The zero-order valence-corrected chi connectivity index (χ0v) is 13.2. The number of ether oxygens (including phenoxy) is 2. The first-order chi connectivity index (χ1) is 11.1. The number of piperazine rings is 1. The molecule has 2 heterocycles. The molecule has 0 N–H and O–H groups in total. The molecule has 0 spiro atoms. The minimum Gasteiger partial charge on any atom is -0.497 e. The lowest BCUT2D eigenvalue weighted by Gasteiger charge is -2.37. The molecule has 0 radical (unpaired) electrons. The van der Waals surface area contributed by atoms with Gasteiger partial charge in [-0.15, -0.1) is 0 Å². The summed E-state index contributed by atoms with van der Waals surface area (Å²) < 4.78 is 10.3. The van der Waals surface area contributed by atoms with Crippen LogP contribution >= 0.6 is 0 Å². The third kappa shape index (κ3) is 2.24. The van der Waals surface area contributed by atoms with Gasteiger partial charge >= 0.3 is 6.09 Å². The number of benzene rings is 1. The van der Waals surface area contributed by atoms with Crippen molar-refractivity contribution in [3.8, 4) is 5.75 Å². The van der Waals surface area contributed by atoms with Gasteiger partial charge in [-0.3, -0.25) is 9.69 Å². The second-order valence-corrected chi connectivity index (χ2v) is 6.49. The van der Waals surface area contributed by atoms with Crippen LogP contribution in [-0.4, -0.2) is 61.2 Å². The molecule has 1 aromatic carbocycles. The van der Waals surface area contributed by atoms with Crippen molar-refractivity contribution in [2.24, 2.45) is 0 Å². The Morgan fingerprint density at radius 1 is 1.26 bits per heavy atom. The quantitative estimate of drug-likeness (QED) is 0.845. The minimum absolute atomic E-state index is 0.00636. The Morgan fingerprint density at radius 3 is 2.65 bits per heavy atom. The minimum atomic E-state index is -0.377. The van der Waals surface area contributed by atoms with E-state index in [0.29, 0.717) is 26.2 Å². The second-order valence-electron chi connectivity index (χ2n) is 6.49. The van der Waals surface area contributed by atoms with E-state index in [0.717, 1.165) is 24.2 Å². The summed E-state index contributed by atoms with van der Waals surface area (Å²) >= 11 is 0. The van der Waals surface area contributed by atoms with Crippen molar-refractivity contribution >= 4 is 12.0 Å². The maximum Gasteiger partial charge on any atom is 0.410 e. The average Bonchev–Trinajstić information content (AvgIpc) is 3.33. The van der Waals surface area contributed by atoms with Crippen LogP contribution in [0.15, 0.2) is 24.3 Å². The van der Waals surface area contributed by atoms with E-state index in [-0.39, 0.29) is 23.5 Å². The van der Waals surface area contributed by atoms with Gasteiger partial charge in [-0.1, -0.05) is 12.1 Å². The molecule has 2 saturated heterocycles. The lowest BCUT2D eigenvalue weighted by atomic mass is 9.93. The molecule has 3 fully saturated rings. The predicted molar refractivity (Wildman–Crippen MR) is 82.3 cm³/mol. The first-order valence-corrected chi connectivity index (χ1v) is 8.01. The van der Waals surface area contributed by atoms with Gasteiger partial charge in [-0.05, 0) is 30.5 Å². The fraction of sp³-hybridized carbons (Fsp3) is 0.529. The third-order valence-corrected chi connectivity index (χ3v) is 5.21. The standard InChI is InChI=1S/C17H20N2O4/c1-22-14-4-2-12(3-5-14)17(6-7-17)15(20)18-8-9-19-13(10-18)11-23-16(19)21/h2-5,13H,6-11H2,1H3/t13-/m0/s1. The molecule has 0 unspecified atom stereocenters. The second kappa shape index (κ2) is 5.15. The van der Waals surface area contributed by atoms with Gasteiger partial charge in [0.05, 0.1) is 18.6 Å². The fourth-order valence-electron chi connectivity index (χ4n) is 3.64. The summed E-state index contributed by atoms with van der Waals surface area (Å²) in [5.41, 5.74) is 0.683. The summed E-state index contributed by atoms with van der Waals surface area (Å²) in [6.07, 6.45) is 1.52. The molecule has 3 aliphatic rings. The van der Waals surface area contributed by atoms with Crippen molar-refractivity contribution in [2.75, 3.05) is 33.4 Å². The van der Waals surface area contributed by atoms with Crippen molar-refractivity contribution in [3.63, 3.8) is 0 Å². The van der Waals surface area contributed by atoms with Crippen LogP contribution in [0.25, 0.3) is 0 Å². The lowest BCUT2D eigenvalue weighted by molar-refractivity contribution is -0.136. The highest BCUT2D eigenvalue weighted by molar-refractivity contribution is 5.91. The van der Waals surface area contributed by atoms with Crippen molar-refractivity contribution in [1.29, 1.82) is 0 Å². The molecule has 6 heteroatoms. The van der Waals surface area contributed by atoms with Crippen molar-refractivity contribution in [1.82, 2.24) is 9.80 Å². The van der Waals surface area contributed by atoms with Crippen LogP contribution in [0.4, 0.5) is 4.79 Å². The first-order valence-electron chi connectivity index (χ1n) is 8.01. The molecular weight excluding hydrogens is 296 g/mol. The van der Waals surface area contributed by atoms with Gasteiger partial charge < -0.3 is 14.4 Å². The molecule has 122 valence electrons. The Bertz CT molecular complexity index is 638. The molecular formula is C17H20N2O4. The highest BCUT2D eigenvalue weighted by Gasteiger charge is 2.54. The summed E-state index contributed by atoms with van der Waals surface area (Å²) in [7, 11) is 1.64.